The molecule has 1 saturated heterocycles. The second-order valence-corrected chi connectivity index (χ2v) is 13.2. The number of thiophene rings is 1. The number of amides is 2. The van der Waals surface area contributed by atoms with Crippen molar-refractivity contribution in [3.05, 3.63) is 113 Å². The van der Waals surface area contributed by atoms with Crippen molar-refractivity contribution in [1.82, 2.24) is 20.5 Å². The number of rotatable bonds is 8. The van der Waals surface area contributed by atoms with Gasteiger partial charge in [-0.3, -0.25) is 19.0 Å². The molecule has 2 aliphatic rings. The number of phenolic OH excluding ortho intramolecular Hbond substituents is 1. The van der Waals surface area contributed by atoms with Gasteiger partial charge in [0.05, 0.1) is 11.0 Å². The van der Waals surface area contributed by atoms with Crippen molar-refractivity contribution in [2.24, 2.45) is 0 Å². The minimum absolute atomic E-state index is 0.0604. The maximum Gasteiger partial charge on any atom is 0.415 e. The van der Waals surface area contributed by atoms with Crippen molar-refractivity contribution in [1.29, 1.82) is 0 Å². The van der Waals surface area contributed by atoms with Crippen LogP contribution in [-0.2, 0) is 30.4 Å². The molecule has 13 heteroatoms. The molecule has 4 unspecified atom stereocenters. The third kappa shape index (κ3) is 7.43. The van der Waals surface area contributed by atoms with Crippen LogP contribution >= 0.6 is 23.1 Å². The Bertz CT molecular complexity index is 1770. The number of carbonyl (C=O) groups is 4. The summed E-state index contributed by atoms with van der Waals surface area (Å²) in [4.78, 5) is 49.7. The predicted molar refractivity (Wildman–Crippen MR) is 180 cm³/mol. The molecular weight excluding hydrogens is 641 g/mol. The lowest BCUT2D eigenvalue weighted by molar-refractivity contribution is -0.133. The van der Waals surface area contributed by atoms with E-state index in [2.05, 4.69) is 16.0 Å². The molecule has 6 rings (SSSR count). The van der Waals surface area contributed by atoms with E-state index in [1.165, 1.54) is 35.4 Å². The summed E-state index contributed by atoms with van der Waals surface area (Å²) < 4.78 is 6.56. The van der Waals surface area contributed by atoms with Crippen LogP contribution < -0.4 is 16.0 Å². The van der Waals surface area contributed by atoms with Crippen LogP contribution in [0.1, 0.15) is 24.3 Å². The summed E-state index contributed by atoms with van der Waals surface area (Å²) in [5.74, 6) is -1.05. The minimum atomic E-state index is -1.19. The van der Waals surface area contributed by atoms with Gasteiger partial charge in [-0.25, -0.2) is 4.79 Å². The van der Waals surface area contributed by atoms with E-state index in [-0.39, 0.29) is 30.5 Å². The van der Waals surface area contributed by atoms with Gasteiger partial charge in [0.2, 0.25) is 10.8 Å². The van der Waals surface area contributed by atoms with Crippen molar-refractivity contribution >= 4 is 46.8 Å². The number of benzene rings is 2. The fourth-order valence-electron chi connectivity index (χ4n) is 5.12. The smallest absolute Gasteiger partial charge is 0.415 e. The molecule has 0 spiro atoms. The number of nitrogens with one attached hydrogen (secondary N) is 3. The van der Waals surface area contributed by atoms with Gasteiger partial charge < -0.3 is 30.9 Å². The lowest BCUT2D eigenvalue weighted by Gasteiger charge is -2.32. The van der Waals surface area contributed by atoms with Crippen LogP contribution in [0.25, 0.3) is 11.1 Å². The predicted octanol–water partition coefficient (Wildman–Crippen LogP) is 4.69. The summed E-state index contributed by atoms with van der Waals surface area (Å²) in [6.45, 7) is 3.28. The number of Topliss-reactive ketones (excluding diaryl/α,β-unsaturated/α-hetero) is 1. The first kappa shape index (κ1) is 33.5. The topological polar surface area (TPSA) is 159 Å². The second-order valence-electron chi connectivity index (χ2n) is 11.1. The van der Waals surface area contributed by atoms with Crippen molar-refractivity contribution in [2.75, 3.05) is 6.61 Å². The van der Waals surface area contributed by atoms with Crippen molar-refractivity contribution in [3.63, 3.8) is 0 Å². The average molecular weight is 675 g/mol. The van der Waals surface area contributed by atoms with E-state index < -0.39 is 34.6 Å². The van der Waals surface area contributed by atoms with Gasteiger partial charge in [0.25, 0.3) is 5.91 Å². The number of ether oxygens (including phenoxy) is 1. The van der Waals surface area contributed by atoms with Crippen LogP contribution in [0, 0.1) is 0 Å². The minimum Gasteiger partial charge on any atom is -0.508 e. The number of thioether (sulfide) groups is 1. The Morgan fingerprint density at radius 2 is 1.87 bits per heavy atom. The second kappa shape index (κ2) is 14.3. The van der Waals surface area contributed by atoms with Crippen LogP contribution in [0.2, 0.25) is 0 Å². The van der Waals surface area contributed by atoms with E-state index in [1.807, 2.05) is 47.8 Å². The first-order chi connectivity index (χ1) is 22.5. The van der Waals surface area contributed by atoms with Crippen LogP contribution in [0.15, 0.2) is 102 Å². The first-order valence-electron chi connectivity index (χ1n) is 14.7. The Labute approximate surface area is 279 Å². The molecule has 5 N–H and O–H groups in total. The lowest BCUT2D eigenvalue weighted by Crippen LogP contribution is -2.62. The van der Waals surface area contributed by atoms with Gasteiger partial charge >= 0.3 is 6.09 Å². The number of aromatic nitrogens is 1. The van der Waals surface area contributed by atoms with E-state index in [9.17, 15) is 24.3 Å². The Hall–Kier alpha value is -4.85. The standard InChI is InChI=1S/C23H25N3O5S2.C11H9NO2/c1-14-22(2,18(28)13-31-14)26-20(29)17(12-15-5-3-6-16(27)11-15)25-21(30)23(24-8-10-33-23)19-7-4-9-32-19;13-11(14)12-7-6-10(8-12)9-4-2-1-3-5-9/h3-11,14,17,24,27H,12-13H2,1-2H3,(H,25,30)(H,26,29);1-8H,(H,13,14). The molecule has 4 aromatic rings. The highest BCUT2D eigenvalue weighted by Gasteiger charge is 2.48. The molecule has 0 bridgehead atoms. The molecule has 244 valence electrons. The fraction of sp³-hybridized carbons (Fsp3) is 0.235. The van der Waals surface area contributed by atoms with Crippen molar-refractivity contribution < 1.29 is 34.1 Å². The van der Waals surface area contributed by atoms with Gasteiger partial charge in [-0.05, 0) is 65.6 Å². The summed E-state index contributed by atoms with van der Waals surface area (Å²) in [5, 5.41) is 31.0. The number of carbonyl (C=O) groups excluding carboxylic acids is 3. The summed E-state index contributed by atoms with van der Waals surface area (Å²) >= 11 is 2.75. The zero-order valence-corrected chi connectivity index (χ0v) is 27.2. The highest BCUT2D eigenvalue weighted by molar-refractivity contribution is 8.04. The van der Waals surface area contributed by atoms with E-state index in [1.54, 1.807) is 55.9 Å². The van der Waals surface area contributed by atoms with Gasteiger partial charge in [-0.1, -0.05) is 60.3 Å². The number of hydrogen-bond donors (Lipinski definition) is 5. The normalized spacial score (nSPS) is 22.1. The third-order valence-corrected chi connectivity index (χ3v) is 10.3. The number of carboxylic acid groups (broad SMARTS) is 1. The molecule has 0 saturated carbocycles. The molecule has 4 heterocycles. The Morgan fingerprint density at radius 3 is 2.47 bits per heavy atom. The quantitative estimate of drug-likeness (QED) is 0.179. The molecule has 47 heavy (non-hydrogen) atoms. The number of aromatic hydroxyl groups is 1. The fourth-order valence-corrected chi connectivity index (χ4v) is 7.02. The van der Waals surface area contributed by atoms with E-state index in [0.717, 1.165) is 20.6 Å². The Kier molecular flexibility index (Phi) is 10.2. The molecular formula is C34H34N4O7S2. The summed E-state index contributed by atoms with van der Waals surface area (Å²) in [6.07, 6.45) is 3.49. The summed E-state index contributed by atoms with van der Waals surface area (Å²) in [5.41, 5.74) is 1.41. The van der Waals surface area contributed by atoms with Crippen molar-refractivity contribution in [3.8, 4) is 16.9 Å². The largest absolute Gasteiger partial charge is 0.508 e. The monoisotopic (exact) mass is 674 g/mol. The molecule has 11 nitrogen and oxygen atoms in total. The number of nitrogens with zero attached hydrogens (tertiary/aromatic N) is 1. The van der Waals surface area contributed by atoms with Gasteiger partial charge in [0, 0.05) is 25.0 Å². The van der Waals surface area contributed by atoms with E-state index >= 15 is 0 Å². The number of phenols is 1. The molecule has 2 aromatic carbocycles. The summed E-state index contributed by atoms with van der Waals surface area (Å²) in [6, 6.07) is 20.7. The van der Waals surface area contributed by atoms with Gasteiger partial charge in [-0.2, -0.15) is 0 Å². The molecule has 0 radical (unpaired) electrons. The van der Waals surface area contributed by atoms with Crippen LogP contribution in [-0.4, -0.2) is 62.8 Å². The molecule has 2 aromatic heterocycles. The number of ketones is 1. The van der Waals surface area contributed by atoms with E-state index in [0.29, 0.717) is 5.56 Å². The highest BCUT2D eigenvalue weighted by Crippen LogP contribution is 2.41. The SMILES string of the molecule is CC1OCC(=O)C1(C)NC(=O)C(Cc1cccc(O)c1)NC(=O)C1(c2cccs2)NC=CS1.O=C(O)n1ccc(-c2ccccc2)c1. The van der Waals surface area contributed by atoms with Crippen LogP contribution in [0.4, 0.5) is 4.79 Å². The zero-order valence-electron chi connectivity index (χ0n) is 25.6. The van der Waals surface area contributed by atoms with Crippen LogP contribution in [0.5, 0.6) is 5.75 Å². The Morgan fingerprint density at radius 1 is 1.09 bits per heavy atom. The maximum atomic E-state index is 13.5. The average Bonchev–Trinajstić information content (AvgIpc) is 3.88. The Balaban J connectivity index is 0.000000257. The van der Waals surface area contributed by atoms with E-state index in [4.69, 9.17) is 9.84 Å². The zero-order chi connectivity index (χ0) is 33.6. The van der Waals surface area contributed by atoms with Crippen molar-refractivity contribution in [2.45, 2.75) is 42.8 Å². The molecule has 4 atom stereocenters. The van der Waals surface area contributed by atoms with Gasteiger partial charge in [-0.15, -0.1) is 11.3 Å². The van der Waals surface area contributed by atoms with Crippen LogP contribution in [0.3, 0.4) is 0 Å². The van der Waals surface area contributed by atoms with Gasteiger partial charge in [0.15, 0.2) is 5.78 Å². The number of hydrogen-bond acceptors (Lipinski definition) is 9. The molecule has 0 aliphatic carbocycles. The molecule has 2 aliphatic heterocycles. The third-order valence-electron chi connectivity index (χ3n) is 8.02. The molecule has 1 fully saturated rings. The lowest BCUT2D eigenvalue weighted by atomic mass is 9.92. The van der Waals surface area contributed by atoms with Gasteiger partial charge in [0.1, 0.15) is 23.9 Å². The first-order valence-corrected chi connectivity index (χ1v) is 16.4. The highest BCUT2D eigenvalue weighted by atomic mass is 32.2. The maximum absolute atomic E-state index is 13.5. The molecule has 2 amide bonds. The summed E-state index contributed by atoms with van der Waals surface area (Å²) in [7, 11) is 0.